The normalized spacial score (nSPS) is 26.8. The maximum absolute atomic E-state index is 13.5. The smallest absolute Gasteiger partial charge is 0.259 e. The molecule has 3 fully saturated rings. The SMILES string of the molecule is CN1CCC[C@@H]1C(=O)N1CCN(C2CCNCC2NC(=O)c2c(N)nn3cc(F)cnc23)CC1. The molecule has 4 N–H and O–H groups in total. The molecule has 3 aliphatic heterocycles. The van der Waals surface area contributed by atoms with E-state index in [1.54, 1.807) is 0 Å². The molecule has 5 rings (SSSR count). The first-order valence-corrected chi connectivity index (χ1v) is 12.0. The fourth-order valence-corrected chi connectivity index (χ4v) is 5.52. The summed E-state index contributed by atoms with van der Waals surface area (Å²) in [7, 11) is 2.02. The lowest BCUT2D eigenvalue weighted by Crippen LogP contribution is -2.63. The molecule has 5 heterocycles. The molecule has 3 saturated heterocycles. The molecule has 3 aliphatic rings. The highest BCUT2D eigenvalue weighted by Gasteiger charge is 2.37. The van der Waals surface area contributed by atoms with Crippen molar-refractivity contribution < 1.29 is 14.0 Å². The number of amides is 2. The number of hydrogen-bond acceptors (Lipinski definition) is 8. The number of piperidine rings is 1. The minimum Gasteiger partial charge on any atom is -0.381 e. The van der Waals surface area contributed by atoms with E-state index in [1.165, 1.54) is 4.52 Å². The van der Waals surface area contributed by atoms with Crippen LogP contribution in [0.15, 0.2) is 12.4 Å². The monoisotopic (exact) mass is 473 g/mol. The molecule has 34 heavy (non-hydrogen) atoms. The molecule has 2 amide bonds. The van der Waals surface area contributed by atoms with E-state index in [2.05, 4.69) is 30.5 Å². The number of aromatic nitrogens is 3. The predicted molar refractivity (Wildman–Crippen MR) is 124 cm³/mol. The summed E-state index contributed by atoms with van der Waals surface area (Å²) < 4.78 is 14.7. The number of halogens is 1. The Hall–Kier alpha value is -2.83. The van der Waals surface area contributed by atoms with Crippen molar-refractivity contribution >= 4 is 23.3 Å². The highest BCUT2D eigenvalue weighted by Crippen LogP contribution is 2.21. The topological polar surface area (TPSA) is 124 Å². The van der Waals surface area contributed by atoms with Crippen LogP contribution < -0.4 is 16.4 Å². The highest BCUT2D eigenvalue weighted by atomic mass is 19.1. The molecule has 12 heteroatoms. The maximum atomic E-state index is 13.5. The average Bonchev–Trinajstić information content (AvgIpc) is 3.40. The first-order valence-electron chi connectivity index (χ1n) is 12.0. The lowest BCUT2D eigenvalue weighted by molar-refractivity contribution is -0.137. The van der Waals surface area contributed by atoms with Crippen molar-refractivity contribution in [2.45, 2.75) is 37.4 Å². The minimum absolute atomic E-state index is 0.0101. The van der Waals surface area contributed by atoms with E-state index in [4.69, 9.17) is 5.73 Å². The lowest BCUT2D eigenvalue weighted by Gasteiger charge is -2.45. The number of fused-ring (bicyclic) bond motifs is 1. The van der Waals surface area contributed by atoms with Gasteiger partial charge in [0.2, 0.25) is 5.91 Å². The lowest BCUT2D eigenvalue weighted by atomic mass is 9.97. The number of nitrogen functional groups attached to an aromatic ring is 1. The largest absolute Gasteiger partial charge is 0.381 e. The third-order valence-corrected chi connectivity index (χ3v) is 7.36. The first-order chi connectivity index (χ1) is 16.4. The number of carbonyl (C=O) groups is 2. The number of hydrogen-bond donors (Lipinski definition) is 3. The van der Waals surface area contributed by atoms with E-state index in [9.17, 15) is 14.0 Å². The van der Waals surface area contributed by atoms with Crippen LogP contribution in [0.4, 0.5) is 10.2 Å². The van der Waals surface area contributed by atoms with Gasteiger partial charge in [-0.2, -0.15) is 0 Å². The minimum atomic E-state index is -0.560. The van der Waals surface area contributed by atoms with Crippen molar-refractivity contribution in [1.29, 1.82) is 0 Å². The average molecular weight is 474 g/mol. The van der Waals surface area contributed by atoms with Crippen LogP contribution >= 0.6 is 0 Å². The maximum Gasteiger partial charge on any atom is 0.259 e. The summed E-state index contributed by atoms with van der Waals surface area (Å²) in [5, 5.41) is 10.5. The Balaban J connectivity index is 1.24. The van der Waals surface area contributed by atoms with Gasteiger partial charge in [-0.1, -0.05) is 0 Å². The summed E-state index contributed by atoms with van der Waals surface area (Å²) in [6.45, 7) is 5.42. The summed E-state index contributed by atoms with van der Waals surface area (Å²) in [5.74, 6) is -0.679. The number of rotatable bonds is 4. The summed E-state index contributed by atoms with van der Waals surface area (Å²) >= 11 is 0. The van der Waals surface area contributed by atoms with Gasteiger partial charge in [-0.15, -0.1) is 5.10 Å². The van der Waals surface area contributed by atoms with Crippen molar-refractivity contribution in [1.82, 2.24) is 39.9 Å². The van der Waals surface area contributed by atoms with Gasteiger partial charge in [-0.05, 0) is 39.4 Å². The van der Waals surface area contributed by atoms with E-state index in [-0.39, 0.29) is 47.0 Å². The van der Waals surface area contributed by atoms with Crippen LogP contribution in [0.5, 0.6) is 0 Å². The van der Waals surface area contributed by atoms with Crippen LogP contribution in [-0.4, -0.2) is 112 Å². The van der Waals surface area contributed by atoms with Gasteiger partial charge < -0.3 is 21.3 Å². The summed E-state index contributed by atoms with van der Waals surface area (Å²) in [6, 6.07) is 0.0141. The second kappa shape index (κ2) is 9.43. The van der Waals surface area contributed by atoms with Crippen LogP contribution in [0, 0.1) is 5.82 Å². The van der Waals surface area contributed by atoms with E-state index < -0.39 is 5.82 Å². The standard InChI is InChI=1S/C22H32FN9O2/c1-29-6-2-3-17(29)22(34)31-9-7-30(8-10-31)16-4-5-25-12-15(16)27-21(33)18-19(24)28-32-13-14(23)11-26-20(18)32/h11,13,15-17,25H,2-10,12H2,1H3,(H2,24,28)(H,27,33)/t15?,16?,17-/m1/s1. The molecule has 2 unspecified atom stereocenters. The molecular formula is C22H32FN9O2. The molecule has 0 saturated carbocycles. The Kier molecular flexibility index (Phi) is 6.36. The van der Waals surface area contributed by atoms with Crippen molar-refractivity contribution in [2.75, 3.05) is 58.6 Å². The first kappa shape index (κ1) is 22.9. The van der Waals surface area contributed by atoms with E-state index in [0.29, 0.717) is 19.6 Å². The molecule has 0 spiro atoms. The number of piperazine rings is 1. The van der Waals surface area contributed by atoms with Gasteiger partial charge in [0.25, 0.3) is 5.91 Å². The predicted octanol–water partition coefficient (Wildman–Crippen LogP) is -0.851. The van der Waals surface area contributed by atoms with Crippen molar-refractivity contribution in [2.24, 2.45) is 0 Å². The number of likely N-dealkylation sites (tertiary alicyclic amines) is 1. The fourth-order valence-electron chi connectivity index (χ4n) is 5.52. The summed E-state index contributed by atoms with van der Waals surface area (Å²) in [6.07, 6.45) is 5.09. The Morgan fingerprint density at radius 1 is 1.21 bits per heavy atom. The van der Waals surface area contributed by atoms with Gasteiger partial charge in [0, 0.05) is 38.8 Å². The van der Waals surface area contributed by atoms with Crippen molar-refractivity contribution in [3.63, 3.8) is 0 Å². The Bertz CT molecular complexity index is 1070. The van der Waals surface area contributed by atoms with Crippen LogP contribution in [0.25, 0.3) is 5.65 Å². The number of nitrogens with one attached hydrogen (secondary N) is 2. The van der Waals surface area contributed by atoms with E-state index in [0.717, 1.165) is 57.8 Å². The van der Waals surface area contributed by atoms with Crippen LogP contribution in [-0.2, 0) is 4.79 Å². The molecule has 2 aromatic rings. The number of carbonyl (C=O) groups excluding carboxylic acids is 2. The molecule has 2 aromatic heterocycles. The van der Waals surface area contributed by atoms with Gasteiger partial charge in [0.05, 0.1) is 24.5 Å². The van der Waals surface area contributed by atoms with Gasteiger partial charge in [0.15, 0.2) is 17.3 Å². The third-order valence-electron chi connectivity index (χ3n) is 7.36. The van der Waals surface area contributed by atoms with Crippen molar-refractivity contribution in [3.05, 3.63) is 23.8 Å². The second-order valence-corrected chi connectivity index (χ2v) is 9.44. The molecular weight excluding hydrogens is 441 g/mol. The summed E-state index contributed by atoms with van der Waals surface area (Å²) in [5.41, 5.74) is 6.35. The zero-order valence-corrected chi connectivity index (χ0v) is 19.4. The molecule has 184 valence electrons. The highest BCUT2D eigenvalue weighted by molar-refractivity contribution is 6.04. The van der Waals surface area contributed by atoms with Crippen LogP contribution in [0.2, 0.25) is 0 Å². The summed E-state index contributed by atoms with van der Waals surface area (Å²) in [4.78, 5) is 36.6. The quantitative estimate of drug-likeness (QED) is 0.525. The van der Waals surface area contributed by atoms with Gasteiger partial charge in [0.1, 0.15) is 5.56 Å². The van der Waals surface area contributed by atoms with E-state index >= 15 is 0 Å². The molecule has 3 atom stereocenters. The molecule has 0 aromatic carbocycles. The number of likely N-dealkylation sites (N-methyl/N-ethyl adjacent to an activating group) is 1. The number of nitrogens with zero attached hydrogens (tertiary/aromatic N) is 6. The molecule has 0 bridgehead atoms. The molecule has 0 aliphatic carbocycles. The molecule has 11 nitrogen and oxygen atoms in total. The number of nitrogens with two attached hydrogens (primary N) is 1. The van der Waals surface area contributed by atoms with E-state index in [1.807, 2.05) is 11.9 Å². The Morgan fingerprint density at radius 2 is 2.00 bits per heavy atom. The number of anilines is 1. The van der Waals surface area contributed by atoms with Crippen LogP contribution in [0.3, 0.4) is 0 Å². The Morgan fingerprint density at radius 3 is 2.74 bits per heavy atom. The zero-order valence-electron chi connectivity index (χ0n) is 19.4. The third kappa shape index (κ3) is 4.32. The second-order valence-electron chi connectivity index (χ2n) is 9.44. The zero-order chi connectivity index (χ0) is 23.8. The van der Waals surface area contributed by atoms with Gasteiger partial charge in [-0.3, -0.25) is 19.4 Å². The van der Waals surface area contributed by atoms with Gasteiger partial charge >= 0.3 is 0 Å². The fraction of sp³-hybridized carbons (Fsp3) is 0.636. The molecule has 0 radical (unpaired) electrons. The van der Waals surface area contributed by atoms with Gasteiger partial charge in [-0.25, -0.2) is 13.9 Å². The van der Waals surface area contributed by atoms with Crippen molar-refractivity contribution in [3.8, 4) is 0 Å². The Labute approximate surface area is 197 Å². The van der Waals surface area contributed by atoms with Crippen LogP contribution in [0.1, 0.15) is 29.6 Å².